The van der Waals surface area contributed by atoms with E-state index in [0.29, 0.717) is 0 Å². The largest absolute Gasteiger partial charge is 0.495 e. The van der Waals surface area contributed by atoms with Crippen molar-refractivity contribution in [3.05, 3.63) is 71.8 Å². The average molecular weight is 481 g/mol. The summed E-state index contributed by atoms with van der Waals surface area (Å²) in [5.41, 5.74) is 6.51. The predicted octanol–water partition coefficient (Wildman–Crippen LogP) is 6.44. The van der Waals surface area contributed by atoms with Crippen molar-refractivity contribution in [3.8, 4) is 11.5 Å². The van der Waals surface area contributed by atoms with Crippen LogP contribution in [0.15, 0.2) is 54.9 Å². The highest BCUT2D eigenvalue weighted by molar-refractivity contribution is 6.12. The summed E-state index contributed by atoms with van der Waals surface area (Å²) in [7, 11) is 5.15. The molecule has 1 fully saturated rings. The van der Waals surface area contributed by atoms with E-state index in [-0.39, 0.29) is 12.1 Å². The van der Waals surface area contributed by atoms with Crippen LogP contribution in [0.1, 0.15) is 48.3 Å². The number of H-pyrrole nitrogens is 2. The Morgan fingerprint density at radius 1 is 0.833 bits per heavy atom. The summed E-state index contributed by atoms with van der Waals surface area (Å²) in [6, 6.07) is 14.9. The third kappa shape index (κ3) is 2.83. The van der Waals surface area contributed by atoms with Crippen LogP contribution in [0.25, 0.3) is 38.5 Å². The van der Waals surface area contributed by atoms with Crippen molar-refractivity contribution >= 4 is 38.5 Å². The topological polar surface area (TPSA) is 75.4 Å². The van der Waals surface area contributed by atoms with Crippen LogP contribution < -0.4 is 9.47 Å². The van der Waals surface area contributed by atoms with Crippen LogP contribution in [0, 0.1) is 0 Å². The van der Waals surface area contributed by atoms with E-state index in [0.717, 1.165) is 69.5 Å². The van der Waals surface area contributed by atoms with Gasteiger partial charge in [-0.2, -0.15) is 0 Å². The van der Waals surface area contributed by atoms with Gasteiger partial charge >= 0.3 is 0 Å². The van der Waals surface area contributed by atoms with Crippen LogP contribution >= 0.6 is 0 Å². The molecule has 2 aromatic carbocycles. The molecular weight excluding hydrogens is 452 g/mol. The Bertz CT molecular complexity index is 1660. The number of nitrogens with one attached hydrogen (secondary N) is 2. The monoisotopic (exact) mass is 480 g/mol. The number of hydrogen-bond donors (Lipinski definition) is 2. The lowest BCUT2D eigenvalue weighted by Crippen LogP contribution is -2.36. The maximum absolute atomic E-state index is 5.95. The van der Waals surface area contributed by atoms with Crippen molar-refractivity contribution in [1.82, 2.24) is 19.9 Å². The van der Waals surface area contributed by atoms with Crippen molar-refractivity contribution in [2.75, 3.05) is 21.3 Å². The molecule has 1 saturated heterocycles. The first-order valence-electron chi connectivity index (χ1n) is 12.4. The Hall–Kier alpha value is -4.13. The van der Waals surface area contributed by atoms with Crippen molar-refractivity contribution in [3.63, 3.8) is 0 Å². The third-order valence-corrected chi connectivity index (χ3v) is 7.85. The lowest BCUT2D eigenvalue weighted by molar-refractivity contribution is 0.128. The van der Waals surface area contributed by atoms with E-state index < -0.39 is 0 Å². The fourth-order valence-corrected chi connectivity index (χ4v) is 6.28. The maximum Gasteiger partial charge on any atom is 0.147 e. The molecule has 0 radical (unpaired) electrons. The van der Waals surface area contributed by atoms with Crippen molar-refractivity contribution < 1.29 is 14.2 Å². The molecule has 7 nitrogen and oxygen atoms in total. The molecule has 2 N–H and O–H groups in total. The summed E-state index contributed by atoms with van der Waals surface area (Å²) < 4.78 is 17.4. The zero-order valence-electron chi connectivity index (χ0n) is 20.6. The van der Waals surface area contributed by atoms with Gasteiger partial charge < -0.3 is 29.1 Å². The Balaban J connectivity index is 1.44. The fraction of sp³-hybridized carbons (Fsp3) is 0.276. The molecule has 0 saturated carbocycles. The van der Waals surface area contributed by atoms with E-state index >= 15 is 0 Å². The van der Waals surface area contributed by atoms with E-state index in [4.69, 9.17) is 19.2 Å². The molecule has 0 amide bonds. The van der Waals surface area contributed by atoms with Gasteiger partial charge in [0.05, 0.1) is 61.7 Å². The standard InChI is InChI=1S/C29H28N4O3/c1-34-21-13-6-9-17-25-22(35-2)14-30-28(29(25)32-26(17)21)20-12-7-11-19-27-24(23(36-3)15-33(19)20)16-8-4-5-10-18(16)31-27/h4-6,8-10,13-15,19-20,31-32H,7,11-12H2,1-3H3/t19?,20-/m0/s1. The van der Waals surface area contributed by atoms with Crippen LogP contribution in [0.2, 0.25) is 0 Å². The lowest BCUT2D eigenvalue weighted by Gasteiger charge is -2.44. The van der Waals surface area contributed by atoms with Gasteiger partial charge in [0, 0.05) is 33.7 Å². The number of ether oxygens (including phenoxy) is 3. The quantitative estimate of drug-likeness (QED) is 0.310. The second-order valence-electron chi connectivity index (χ2n) is 9.54. The molecule has 3 aromatic heterocycles. The normalized spacial score (nSPS) is 19.3. The van der Waals surface area contributed by atoms with Gasteiger partial charge in [0.2, 0.25) is 0 Å². The third-order valence-electron chi connectivity index (χ3n) is 7.85. The molecule has 7 heteroatoms. The smallest absolute Gasteiger partial charge is 0.147 e. The number of methoxy groups -OCH3 is 3. The van der Waals surface area contributed by atoms with Crippen LogP contribution in [0.5, 0.6) is 11.5 Å². The van der Waals surface area contributed by atoms with Crippen molar-refractivity contribution in [2.45, 2.75) is 31.3 Å². The van der Waals surface area contributed by atoms with E-state index in [1.165, 1.54) is 16.6 Å². The molecule has 36 heavy (non-hydrogen) atoms. The summed E-state index contributed by atoms with van der Waals surface area (Å²) in [6.45, 7) is 0. The summed E-state index contributed by atoms with van der Waals surface area (Å²) in [6.07, 6.45) is 7.23. The Morgan fingerprint density at radius 3 is 2.47 bits per heavy atom. The van der Waals surface area contributed by atoms with Gasteiger partial charge in [-0.05, 0) is 31.4 Å². The molecular formula is C29H28N4O3. The maximum atomic E-state index is 5.95. The van der Waals surface area contributed by atoms with E-state index in [1.807, 2.05) is 18.3 Å². The Labute approximate surface area is 208 Å². The van der Waals surface area contributed by atoms with E-state index in [9.17, 15) is 0 Å². The van der Waals surface area contributed by atoms with Gasteiger partial charge in [-0.1, -0.05) is 30.3 Å². The van der Waals surface area contributed by atoms with Crippen LogP contribution in [-0.4, -0.2) is 41.2 Å². The number of nitrogens with zero attached hydrogens (tertiary/aromatic N) is 2. The zero-order valence-corrected chi connectivity index (χ0v) is 20.6. The molecule has 2 aliphatic rings. The minimum atomic E-state index is 0.0842. The molecule has 182 valence electrons. The van der Waals surface area contributed by atoms with Crippen LogP contribution in [0.3, 0.4) is 0 Å². The van der Waals surface area contributed by atoms with Gasteiger partial charge in [-0.3, -0.25) is 4.98 Å². The first-order valence-corrected chi connectivity index (χ1v) is 12.4. The highest BCUT2D eigenvalue weighted by atomic mass is 16.5. The SMILES string of the molecule is COC1=CN2C(CCC[C@H]2c2ncc(OC)c3c2[nH]c2c(OC)cccc23)c2[nH]c3ccccc3c21. The fourth-order valence-electron chi connectivity index (χ4n) is 6.28. The molecule has 1 unspecified atom stereocenters. The summed E-state index contributed by atoms with van der Waals surface area (Å²) in [5, 5.41) is 3.31. The van der Waals surface area contributed by atoms with Crippen molar-refractivity contribution in [1.29, 1.82) is 0 Å². The van der Waals surface area contributed by atoms with E-state index in [1.54, 1.807) is 21.3 Å². The second kappa shape index (κ2) is 7.95. The minimum absolute atomic E-state index is 0.0842. The number of pyridine rings is 1. The number of aromatic amines is 2. The second-order valence-corrected chi connectivity index (χ2v) is 9.54. The van der Waals surface area contributed by atoms with Gasteiger partial charge in [-0.15, -0.1) is 0 Å². The Kier molecular flexibility index (Phi) is 4.67. The summed E-state index contributed by atoms with van der Waals surface area (Å²) >= 11 is 0. The first-order chi connectivity index (χ1) is 17.7. The molecule has 5 aromatic rings. The molecule has 2 atom stereocenters. The highest BCUT2D eigenvalue weighted by Gasteiger charge is 2.39. The molecule has 2 aliphatic heterocycles. The molecule has 7 rings (SSSR count). The molecule has 0 bridgehead atoms. The van der Waals surface area contributed by atoms with E-state index in [2.05, 4.69) is 51.4 Å². The number of para-hydroxylation sites is 2. The number of hydrogen-bond acceptors (Lipinski definition) is 5. The molecule has 0 spiro atoms. The van der Waals surface area contributed by atoms with Gasteiger partial charge in [0.25, 0.3) is 0 Å². The molecule has 0 aliphatic carbocycles. The van der Waals surface area contributed by atoms with Gasteiger partial charge in [0.15, 0.2) is 0 Å². The number of piperidine rings is 1. The van der Waals surface area contributed by atoms with Gasteiger partial charge in [0.1, 0.15) is 17.3 Å². The highest BCUT2D eigenvalue weighted by Crippen LogP contribution is 2.50. The number of fused-ring (bicyclic) bond motifs is 8. The lowest BCUT2D eigenvalue weighted by atomic mass is 9.87. The zero-order chi connectivity index (χ0) is 24.4. The summed E-state index contributed by atoms with van der Waals surface area (Å²) in [5.74, 6) is 2.44. The number of aromatic nitrogens is 3. The Morgan fingerprint density at radius 2 is 1.64 bits per heavy atom. The average Bonchev–Trinajstić information content (AvgIpc) is 3.51. The van der Waals surface area contributed by atoms with Crippen LogP contribution in [-0.2, 0) is 4.74 Å². The first kappa shape index (κ1) is 21.2. The van der Waals surface area contributed by atoms with Gasteiger partial charge in [-0.25, -0.2) is 0 Å². The molecule has 5 heterocycles. The van der Waals surface area contributed by atoms with Crippen molar-refractivity contribution in [2.24, 2.45) is 0 Å². The summed E-state index contributed by atoms with van der Waals surface area (Å²) in [4.78, 5) is 14.8. The number of rotatable bonds is 4. The predicted molar refractivity (Wildman–Crippen MR) is 141 cm³/mol. The number of benzene rings is 2. The van der Waals surface area contributed by atoms with Crippen LogP contribution in [0.4, 0.5) is 0 Å². The minimum Gasteiger partial charge on any atom is -0.495 e.